The van der Waals surface area contributed by atoms with Crippen molar-refractivity contribution in [1.82, 2.24) is 0 Å². The number of esters is 1. The molecule has 0 aromatic rings. The Hall–Kier alpha value is -1.35. The number of hydrogen-bond donors (Lipinski definition) is 1. The van der Waals surface area contributed by atoms with Crippen LogP contribution in [0.15, 0.2) is 35.5 Å². The molecule has 180 valence electrons. The predicted molar refractivity (Wildman–Crippen MR) is 134 cm³/mol. The van der Waals surface area contributed by atoms with Crippen LogP contribution in [0.25, 0.3) is 0 Å². The standard InChI is InChI=1S/C29H47NO2/c1-20(2)8-6-9-22(4)26-15-16-27-23(10-7-17-29(26,27)5)12-13-24-18-25(14-11-21(24)3)32-28(31)19-30/h12-13,20,22,25-27H,3,6-11,14-19,30H2,1-2,4-5H3/b23-12+,24-13-/t22-,25+,26-,27+,29-/m1/s1. The monoisotopic (exact) mass is 441 g/mol. The third-order valence-corrected chi connectivity index (χ3v) is 8.80. The first-order valence-electron chi connectivity index (χ1n) is 13.2. The molecule has 3 rings (SSSR count). The molecule has 0 aromatic heterocycles. The number of fused-ring (bicyclic) bond motifs is 1. The maximum absolute atomic E-state index is 11.6. The van der Waals surface area contributed by atoms with Crippen LogP contribution >= 0.6 is 0 Å². The van der Waals surface area contributed by atoms with Gasteiger partial charge in [-0.15, -0.1) is 0 Å². The Morgan fingerprint density at radius 1 is 1.19 bits per heavy atom. The highest BCUT2D eigenvalue weighted by molar-refractivity contribution is 5.71. The predicted octanol–water partition coefficient (Wildman–Crippen LogP) is 7.13. The van der Waals surface area contributed by atoms with E-state index < -0.39 is 0 Å². The second kappa shape index (κ2) is 11.2. The van der Waals surface area contributed by atoms with Gasteiger partial charge in [0.15, 0.2) is 0 Å². The molecule has 0 unspecified atom stereocenters. The van der Waals surface area contributed by atoms with E-state index in [1.54, 1.807) is 5.57 Å². The maximum Gasteiger partial charge on any atom is 0.319 e. The molecule has 2 N–H and O–H groups in total. The molecular weight excluding hydrogens is 394 g/mol. The highest BCUT2D eigenvalue weighted by atomic mass is 16.5. The average molecular weight is 442 g/mol. The highest BCUT2D eigenvalue weighted by Gasteiger charge is 2.50. The lowest BCUT2D eigenvalue weighted by Gasteiger charge is -2.44. The van der Waals surface area contributed by atoms with Gasteiger partial charge in [-0.05, 0) is 79.6 Å². The van der Waals surface area contributed by atoms with E-state index in [-0.39, 0.29) is 18.6 Å². The molecule has 3 aliphatic rings. The molecular formula is C29H47NO2. The Bertz CT molecular complexity index is 733. The molecule has 0 bridgehead atoms. The van der Waals surface area contributed by atoms with Crippen molar-refractivity contribution in [3.05, 3.63) is 35.5 Å². The topological polar surface area (TPSA) is 52.3 Å². The number of rotatable bonds is 8. The van der Waals surface area contributed by atoms with Crippen molar-refractivity contribution in [2.45, 2.75) is 104 Å². The second-order valence-corrected chi connectivity index (χ2v) is 11.5. The van der Waals surface area contributed by atoms with E-state index in [9.17, 15) is 4.79 Å². The van der Waals surface area contributed by atoms with E-state index >= 15 is 0 Å². The quantitative estimate of drug-likeness (QED) is 0.408. The van der Waals surface area contributed by atoms with Crippen LogP contribution in [0.3, 0.4) is 0 Å². The molecule has 0 saturated heterocycles. The average Bonchev–Trinajstić information content (AvgIpc) is 3.11. The van der Waals surface area contributed by atoms with E-state index in [2.05, 4.69) is 46.4 Å². The van der Waals surface area contributed by atoms with Crippen LogP contribution in [0.1, 0.15) is 98.3 Å². The molecule has 0 heterocycles. The summed E-state index contributed by atoms with van der Waals surface area (Å²) in [6.07, 6.45) is 18.0. The molecule has 3 aliphatic carbocycles. The van der Waals surface area contributed by atoms with Crippen LogP contribution in [-0.2, 0) is 9.53 Å². The lowest BCUT2D eigenvalue weighted by molar-refractivity contribution is -0.147. The van der Waals surface area contributed by atoms with Gasteiger partial charge in [-0.1, -0.05) is 76.8 Å². The molecule has 0 aliphatic heterocycles. The van der Waals surface area contributed by atoms with Crippen molar-refractivity contribution in [3.63, 3.8) is 0 Å². The molecule has 3 heteroatoms. The molecule has 0 radical (unpaired) electrons. The van der Waals surface area contributed by atoms with E-state index in [0.717, 1.165) is 42.9 Å². The van der Waals surface area contributed by atoms with Crippen molar-refractivity contribution < 1.29 is 9.53 Å². The number of carbonyl (C=O) groups excluding carboxylic acids is 1. The summed E-state index contributed by atoms with van der Waals surface area (Å²) in [7, 11) is 0. The van der Waals surface area contributed by atoms with Gasteiger partial charge in [0, 0.05) is 6.42 Å². The van der Waals surface area contributed by atoms with Gasteiger partial charge in [-0.3, -0.25) is 4.79 Å². The van der Waals surface area contributed by atoms with Crippen LogP contribution < -0.4 is 5.73 Å². The summed E-state index contributed by atoms with van der Waals surface area (Å²) in [6.45, 7) is 14.0. The third-order valence-electron chi connectivity index (χ3n) is 8.80. The summed E-state index contributed by atoms with van der Waals surface area (Å²) in [5.74, 6) is 2.94. The summed E-state index contributed by atoms with van der Waals surface area (Å²) in [5.41, 5.74) is 9.99. The number of hydrogen-bond acceptors (Lipinski definition) is 3. The Morgan fingerprint density at radius 2 is 1.97 bits per heavy atom. The van der Waals surface area contributed by atoms with Gasteiger partial charge in [-0.25, -0.2) is 0 Å². The molecule has 0 spiro atoms. The summed E-state index contributed by atoms with van der Waals surface area (Å²) in [6, 6.07) is 0. The van der Waals surface area contributed by atoms with Crippen LogP contribution in [0.4, 0.5) is 0 Å². The zero-order chi connectivity index (χ0) is 23.3. The van der Waals surface area contributed by atoms with Crippen LogP contribution in [0, 0.1) is 29.1 Å². The van der Waals surface area contributed by atoms with Gasteiger partial charge in [0.1, 0.15) is 6.10 Å². The fourth-order valence-electron chi connectivity index (χ4n) is 6.98. The first-order valence-corrected chi connectivity index (χ1v) is 13.2. The minimum absolute atomic E-state index is 0.0438. The van der Waals surface area contributed by atoms with Crippen molar-refractivity contribution in [2.75, 3.05) is 6.54 Å². The Morgan fingerprint density at radius 3 is 2.69 bits per heavy atom. The highest BCUT2D eigenvalue weighted by Crippen LogP contribution is 2.60. The second-order valence-electron chi connectivity index (χ2n) is 11.5. The summed E-state index contributed by atoms with van der Waals surface area (Å²) < 4.78 is 5.52. The van der Waals surface area contributed by atoms with E-state index in [4.69, 9.17) is 10.5 Å². The Kier molecular flexibility index (Phi) is 8.83. The van der Waals surface area contributed by atoms with Crippen LogP contribution in [0.5, 0.6) is 0 Å². The fourth-order valence-corrected chi connectivity index (χ4v) is 6.98. The fraction of sp³-hybridized carbons (Fsp3) is 0.759. The first kappa shape index (κ1) is 25.3. The van der Waals surface area contributed by atoms with Gasteiger partial charge >= 0.3 is 5.97 Å². The van der Waals surface area contributed by atoms with E-state index in [1.165, 1.54) is 62.5 Å². The molecule has 0 amide bonds. The lowest BCUT2D eigenvalue weighted by Crippen LogP contribution is -2.36. The SMILES string of the molecule is C=C1CC[C@H](OC(=O)CN)C/C1=C/C=C1\CCC[C@]2(C)[C@@H]([C@H](C)CCCC(C)C)CC[C@@H]12. The van der Waals surface area contributed by atoms with Gasteiger partial charge < -0.3 is 10.5 Å². The van der Waals surface area contributed by atoms with Crippen molar-refractivity contribution in [3.8, 4) is 0 Å². The van der Waals surface area contributed by atoms with Gasteiger partial charge in [-0.2, -0.15) is 0 Å². The number of carbonyl (C=O) groups is 1. The molecule has 5 atom stereocenters. The zero-order valence-electron chi connectivity index (χ0n) is 21.1. The maximum atomic E-state index is 11.6. The Labute approximate surface area is 196 Å². The summed E-state index contributed by atoms with van der Waals surface area (Å²) in [4.78, 5) is 11.6. The van der Waals surface area contributed by atoms with Gasteiger partial charge in [0.2, 0.25) is 0 Å². The molecule has 0 aromatic carbocycles. The van der Waals surface area contributed by atoms with Gasteiger partial charge in [0.05, 0.1) is 6.54 Å². The summed E-state index contributed by atoms with van der Waals surface area (Å²) >= 11 is 0. The smallest absolute Gasteiger partial charge is 0.319 e. The number of nitrogens with two attached hydrogens (primary N) is 1. The Balaban J connectivity index is 1.68. The van der Waals surface area contributed by atoms with Crippen LogP contribution in [-0.4, -0.2) is 18.6 Å². The first-order chi connectivity index (χ1) is 15.2. The number of ether oxygens (including phenoxy) is 1. The minimum Gasteiger partial charge on any atom is -0.461 e. The minimum atomic E-state index is -0.303. The summed E-state index contributed by atoms with van der Waals surface area (Å²) in [5, 5.41) is 0. The molecule has 3 nitrogen and oxygen atoms in total. The number of allylic oxidation sites excluding steroid dienone is 4. The van der Waals surface area contributed by atoms with E-state index in [1.807, 2.05) is 0 Å². The van der Waals surface area contributed by atoms with E-state index in [0.29, 0.717) is 5.41 Å². The molecule has 3 saturated carbocycles. The largest absolute Gasteiger partial charge is 0.461 e. The zero-order valence-corrected chi connectivity index (χ0v) is 21.1. The van der Waals surface area contributed by atoms with Crippen molar-refractivity contribution >= 4 is 5.97 Å². The van der Waals surface area contributed by atoms with Crippen molar-refractivity contribution in [2.24, 2.45) is 34.8 Å². The van der Waals surface area contributed by atoms with Crippen molar-refractivity contribution in [1.29, 1.82) is 0 Å². The van der Waals surface area contributed by atoms with Crippen LogP contribution in [0.2, 0.25) is 0 Å². The third kappa shape index (κ3) is 5.95. The normalized spacial score (nSPS) is 34.2. The van der Waals surface area contributed by atoms with Gasteiger partial charge in [0.25, 0.3) is 0 Å². The lowest BCUT2D eigenvalue weighted by atomic mass is 9.60. The molecule has 3 fully saturated rings. The molecule has 32 heavy (non-hydrogen) atoms.